The van der Waals surface area contributed by atoms with Gasteiger partial charge in [-0.15, -0.1) is 0 Å². The molecule has 1 aliphatic heterocycles. The lowest BCUT2D eigenvalue weighted by Gasteiger charge is -2.33. The topological polar surface area (TPSA) is 76.1 Å². The molecule has 2 rings (SSSR count). The number of benzene rings is 1. The molecular weight excluding hydrogens is 274 g/mol. The van der Waals surface area contributed by atoms with Gasteiger partial charge in [-0.2, -0.15) is 0 Å². The molecule has 0 bridgehead atoms. The number of carbonyl (C=O) groups excluding carboxylic acids is 2. The maximum atomic E-state index is 12.6. The fourth-order valence-corrected chi connectivity index (χ4v) is 2.53. The number of hydrogen-bond acceptors (Lipinski definition) is 5. The minimum absolute atomic E-state index is 0.159. The van der Waals surface area contributed by atoms with Crippen molar-refractivity contribution in [3.05, 3.63) is 23.8 Å². The van der Waals surface area contributed by atoms with Gasteiger partial charge in [0.1, 0.15) is 17.5 Å². The number of nitrogens with zero attached hydrogens (tertiary/aromatic N) is 1. The van der Waals surface area contributed by atoms with Gasteiger partial charge in [-0.05, 0) is 31.4 Å². The van der Waals surface area contributed by atoms with E-state index in [1.54, 1.807) is 6.07 Å². The first-order chi connectivity index (χ1) is 10.1. The Bertz CT molecular complexity index is 543. The Kier molecular flexibility index (Phi) is 4.67. The number of hydrogen-bond donors (Lipinski definition) is 1. The third-order valence-electron chi connectivity index (χ3n) is 3.67. The van der Waals surface area contributed by atoms with E-state index in [-0.39, 0.29) is 17.2 Å². The summed E-state index contributed by atoms with van der Waals surface area (Å²) in [5.41, 5.74) is 0.159. The fourth-order valence-electron chi connectivity index (χ4n) is 2.53. The van der Waals surface area contributed by atoms with E-state index in [4.69, 9.17) is 9.47 Å². The Hall–Kier alpha value is -2.24. The molecule has 1 heterocycles. The number of rotatable bonds is 3. The molecule has 6 nitrogen and oxygen atoms in total. The number of amides is 1. The van der Waals surface area contributed by atoms with Crippen molar-refractivity contribution < 1.29 is 24.2 Å². The average Bonchev–Trinajstić information content (AvgIpc) is 2.53. The zero-order valence-corrected chi connectivity index (χ0v) is 12.2. The monoisotopic (exact) mass is 293 g/mol. The largest absolute Gasteiger partial charge is 0.507 e. The molecule has 1 aliphatic rings. The van der Waals surface area contributed by atoms with Crippen molar-refractivity contribution in [2.45, 2.75) is 25.3 Å². The van der Waals surface area contributed by atoms with Gasteiger partial charge in [0.25, 0.3) is 5.91 Å². The quantitative estimate of drug-likeness (QED) is 0.856. The second kappa shape index (κ2) is 6.47. The van der Waals surface area contributed by atoms with E-state index in [2.05, 4.69) is 0 Å². The van der Waals surface area contributed by atoms with Crippen molar-refractivity contribution in [1.29, 1.82) is 0 Å². The van der Waals surface area contributed by atoms with Gasteiger partial charge in [-0.25, -0.2) is 4.79 Å². The Balaban J connectivity index is 2.26. The Labute approximate surface area is 123 Å². The maximum absolute atomic E-state index is 12.6. The first kappa shape index (κ1) is 15.2. The second-order valence-electron chi connectivity index (χ2n) is 4.92. The van der Waals surface area contributed by atoms with Gasteiger partial charge in [-0.1, -0.05) is 0 Å². The number of aromatic hydroxyl groups is 1. The van der Waals surface area contributed by atoms with Crippen LogP contribution in [0.25, 0.3) is 0 Å². The van der Waals surface area contributed by atoms with E-state index in [0.717, 1.165) is 12.8 Å². The van der Waals surface area contributed by atoms with Crippen molar-refractivity contribution in [1.82, 2.24) is 4.90 Å². The molecule has 1 fully saturated rings. The summed E-state index contributed by atoms with van der Waals surface area (Å²) in [6.07, 6.45) is 2.28. The van der Waals surface area contributed by atoms with Crippen LogP contribution in [0.4, 0.5) is 0 Å². The molecular formula is C15H19NO5. The molecule has 1 N–H and O–H groups in total. The number of piperidine rings is 1. The molecule has 21 heavy (non-hydrogen) atoms. The van der Waals surface area contributed by atoms with E-state index in [0.29, 0.717) is 18.7 Å². The van der Waals surface area contributed by atoms with Crippen LogP contribution in [0.5, 0.6) is 11.5 Å². The summed E-state index contributed by atoms with van der Waals surface area (Å²) < 4.78 is 9.75. The number of ether oxygens (including phenoxy) is 2. The predicted octanol–water partition coefficient (Wildman–Crippen LogP) is 1.57. The normalized spacial score (nSPS) is 18.2. The third kappa shape index (κ3) is 3.09. The van der Waals surface area contributed by atoms with Crippen LogP contribution >= 0.6 is 0 Å². The van der Waals surface area contributed by atoms with Gasteiger partial charge in [0.05, 0.1) is 19.8 Å². The highest BCUT2D eigenvalue weighted by Gasteiger charge is 2.34. The highest BCUT2D eigenvalue weighted by Crippen LogP contribution is 2.27. The Morgan fingerprint density at radius 2 is 2.05 bits per heavy atom. The lowest BCUT2D eigenvalue weighted by atomic mass is 10.0. The van der Waals surface area contributed by atoms with E-state index in [1.165, 1.54) is 31.3 Å². The first-order valence-corrected chi connectivity index (χ1v) is 6.84. The van der Waals surface area contributed by atoms with Crippen LogP contribution in [-0.2, 0) is 9.53 Å². The van der Waals surface area contributed by atoms with E-state index in [1.807, 2.05) is 0 Å². The fraction of sp³-hybridized carbons (Fsp3) is 0.467. The molecule has 1 amide bonds. The summed E-state index contributed by atoms with van der Waals surface area (Å²) in [6, 6.07) is 3.89. The number of esters is 1. The highest BCUT2D eigenvalue weighted by molar-refractivity contribution is 5.99. The van der Waals surface area contributed by atoms with E-state index < -0.39 is 12.0 Å². The summed E-state index contributed by atoms with van der Waals surface area (Å²) in [4.78, 5) is 25.8. The van der Waals surface area contributed by atoms with Gasteiger partial charge >= 0.3 is 5.97 Å². The van der Waals surface area contributed by atoms with Crippen molar-refractivity contribution in [3.63, 3.8) is 0 Å². The van der Waals surface area contributed by atoms with Gasteiger partial charge in [-0.3, -0.25) is 4.79 Å². The average molecular weight is 293 g/mol. The van der Waals surface area contributed by atoms with Crippen LogP contribution < -0.4 is 4.74 Å². The smallest absolute Gasteiger partial charge is 0.328 e. The first-order valence-electron chi connectivity index (χ1n) is 6.84. The Morgan fingerprint density at radius 3 is 2.67 bits per heavy atom. The minimum Gasteiger partial charge on any atom is -0.507 e. The summed E-state index contributed by atoms with van der Waals surface area (Å²) in [7, 11) is 2.79. The van der Waals surface area contributed by atoms with Crippen LogP contribution in [0.15, 0.2) is 18.2 Å². The third-order valence-corrected chi connectivity index (χ3v) is 3.67. The number of phenols is 1. The molecule has 0 spiro atoms. The zero-order chi connectivity index (χ0) is 15.4. The molecule has 1 aromatic carbocycles. The second-order valence-corrected chi connectivity index (χ2v) is 4.92. The molecule has 0 radical (unpaired) electrons. The predicted molar refractivity (Wildman–Crippen MR) is 75.4 cm³/mol. The molecule has 114 valence electrons. The van der Waals surface area contributed by atoms with E-state index in [9.17, 15) is 14.7 Å². The number of likely N-dealkylation sites (tertiary alicyclic amines) is 1. The van der Waals surface area contributed by atoms with Crippen molar-refractivity contribution in [2.24, 2.45) is 0 Å². The van der Waals surface area contributed by atoms with Gasteiger partial charge in [0, 0.05) is 12.6 Å². The molecule has 6 heteroatoms. The van der Waals surface area contributed by atoms with Gasteiger partial charge < -0.3 is 19.5 Å². The number of phenolic OH excluding ortho intramolecular Hbond substituents is 1. The van der Waals surface area contributed by atoms with Crippen LogP contribution in [-0.4, -0.2) is 48.7 Å². The SMILES string of the molecule is COC(=O)[C@H]1CCCCN1C(=O)c1ccc(OC)cc1O. The van der Waals surface area contributed by atoms with E-state index >= 15 is 0 Å². The lowest BCUT2D eigenvalue weighted by Crippen LogP contribution is -2.48. The molecule has 0 aliphatic carbocycles. The molecule has 0 unspecified atom stereocenters. The summed E-state index contributed by atoms with van der Waals surface area (Å²) in [6.45, 7) is 0.476. The van der Waals surface area contributed by atoms with Crippen LogP contribution in [0.1, 0.15) is 29.6 Å². The molecule has 1 aromatic rings. The molecule has 1 saturated heterocycles. The summed E-state index contributed by atoms with van der Waals surface area (Å²) in [5.74, 6) is -0.484. The molecule has 0 aromatic heterocycles. The summed E-state index contributed by atoms with van der Waals surface area (Å²) in [5, 5.41) is 9.96. The van der Waals surface area contributed by atoms with Gasteiger partial charge in [0.15, 0.2) is 0 Å². The molecule has 1 atom stereocenters. The molecule has 0 saturated carbocycles. The van der Waals surface area contributed by atoms with Gasteiger partial charge in [0.2, 0.25) is 0 Å². The zero-order valence-electron chi connectivity index (χ0n) is 12.2. The number of carbonyl (C=O) groups is 2. The lowest BCUT2D eigenvalue weighted by molar-refractivity contribution is -0.147. The van der Waals surface area contributed by atoms with Crippen LogP contribution in [0, 0.1) is 0 Å². The maximum Gasteiger partial charge on any atom is 0.328 e. The van der Waals surface area contributed by atoms with Crippen LogP contribution in [0.2, 0.25) is 0 Å². The van der Waals surface area contributed by atoms with Crippen molar-refractivity contribution in [3.8, 4) is 11.5 Å². The Morgan fingerprint density at radius 1 is 1.29 bits per heavy atom. The summed E-state index contributed by atoms with van der Waals surface area (Å²) >= 11 is 0. The number of methoxy groups -OCH3 is 2. The van der Waals surface area contributed by atoms with Crippen molar-refractivity contribution >= 4 is 11.9 Å². The standard InChI is InChI=1S/C15H19NO5/c1-20-10-6-7-11(13(17)9-10)14(18)16-8-4-3-5-12(16)15(19)21-2/h6-7,9,12,17H,3-5,8H2,1-2H3/t12-/m1/s1. The highest BCUT2D eigenvalue weighted by atomic mass is 16.5. The van der Waals surface area contributed by atoms with Crippen LogP contribution in [0.3, 0.4) is 0 Å². The van der Waals surface area contributed by atoms with Crippen molar-refractivity contribution in [2.75, 3.05) is 20.8 Å². The minimum atomic E-state index is -0.585.